The van der Waals surface area contributed by atoms with Gasteiger partial charge in [0.05, 0.1) is 50.7 Å². The molecule has 8 nitrogen and oxygen atoms in total. The van der Waals surface area contributed by atoms with E-state index < -0.39 is 25.0 Å². The Balaban J connectivity index is 1.70. The predicted molar refractivity (Wildman–Crippen MR) is 187 cm³/mol. The zero-order valence-electron chi connectivity index (χ0n) is 29.7. The summed E-state index contributed by atoms with van der Waals surface area (Å²) in [6.45, 7) is 24.4. The van der Waals surface area contributed by atoms with Crippen LogP contribution in [0.4, 0.5) is 0 Å². The number of epoxide rings is 1. The monoisotopic (exact) mass is 678 g/mol. The van der Waals surface area contributed by atoms with E-state index in [1.165, 1.54) is 6.08 Å². The van der Waals surface area contributed by atoms with Gasteiger partial charge in [-0.05, 0) is 89.6 Å². The number of Topliss-reactive ketones (excluding diaryl/α,β-unsaturated/α-hetero) is 1. The van der Waals surface area contributed by atoms with Crippen LogP contribution in [0.25, 0.3) is 6.08 Å². The Morgan fingerprint density at radius 1 is 0.889 bits per heavy atom. The summed E-state index contributed by atoms with van der Waals surface area (Å²) in [5.41, 5.74) is 0.868. The first-order chi connectivity index (χ1) is 20.7. The average Bonchev–Trinajstić information content (AvgIpc) is 3.67. The summed E-state index contributed by atoms with van der Waals surface area (Å²) in [4.78, 5) is 26.0. The van der Waals surface area contributed by atoms with E-state index in [1.54, 1.807) is 13.2 Å². The minimum absolute atomic E-state index is 0.0752. The molecule has 8 atom stereocenters. The van der Waals surface area contributed by atoms with E-state index in [1.807, 2.05) is 24.3 Å². The molecule has 0 N–H and O–H groups in total. The lowest BCUT2D eigenvalue weighted by Gasteiger charge is -2.47. The summed E-state index contributed by atoms with van der Waals surface area (Å²) in [6.07, 6.45) is 3.49. The first kappa shape index (κ1) is 38.0. The lowest BCUT2D eigenvalue weighted by atomic mass is 9.86. The maximum Gasteiger partial charge on any atom is 0.184 e. The Morgan fingerprint density at radius 3 is 2.04 bits per heavy atom. The number of benzene rings is 1. The molecule has 2 aliphatic heterocycles. The van der Waals surface area contributed by atoms with Crippen LogP contribution in [0.2, 0.25) is 58.9 Å². The molecule has 1 aromatic rings. The first-order valence-electron chi connectivity index (χ1n) is 16.4. The molecule has 0 unspecified atom stereocenters. The van der Waals surface area contributed by atoms with Crippen LogP contribution in [0, 0.1) is 11.8 Å². The lowest BCUT2D eigenvalue weighted by Crippen LogP contribution is -2.58. The fourth-order valence-electron chi connectivity index (χ4n) is 5.91. The van der Waals surface area contributed by atoms with E-state index in [9.17, 15) is 9.59 Å². The third-order valence-electron chi connectivity index (χ3n) is 7.98. The van der Waals surface area contributed by atoms with Crippen LogP contribution in [-0.4, -0.2) is 86.9 Å². The number of rotatable bonds is 17. The van der Waals surface area contributed by atoms with Crippen molar-refractivity contribution in [2.75, 3.05) is 13.7 Å². The fraction of sp³-hybridized carbons (Fsp3) is 0.706. The maximum atomic E-state index is 13.2. The Bertz CT molecular complexity index is 1150. The molecule has 0 aliphatic carbocycles. The van der Waals surface area contributed by atoms with Gasteiger partial charge in [0, 0.05) is 30.8 Å². The molecule has 2 heterocycles. The summed E-state index contributed by atoms with van der Waals surface area (Å²) in [7, 11) is -4.09. The first-order valence-corrected chi connectivity index (χ1v) is 26.6. The molecule has 254 valence electrons. The molecule has 0 saturated carbocycles. The van der Waals surface area contributed by atoms with E-state index >= 15 is 0 Å². The van der Waals surface area contributed by atoms with Crippen LogP contribution in [-0.2, 0) is 32.3 Å². The smallest absolute Gasteiger partial charge is 0.184 e. The SMILES string of the molecule is COc1ccc(/C=C/C(=O)CC(=O)C[C@H]2CO[C@@H](C[C@@H]3O[C@H]3[C@H](C)[C@H](C)O[Si](C)(C)C)[C@@H](O[Si](C)(C)C)[C@@H]2O[Si](C)(C)C)cc1. The number of carbonyl (C=O) groups excluding carboxylic acids is 2. The van der Waals surface area contributed by atoms with Crippen LogP contribution in [0.3, 0.4) is 0 Å². The Morgan fingerprint density at radius 2 is 1.49 bits per heavy atom. The normalized spacial score (nSPS) is 27.3. The molecule has 45 heavy (non-hydrogen) atoms. The van der Waals surface area contributed by atoms with Crippen LogP contribution >= 0.6 is 0 Å². The molecule has 1 aromatic carbocycles. The molecule has 2 aliphatic rings. The zero-order chi connectivity index (χ0) is 33.7. The minimum Gasteiger partial charge on any atom is -0.497 e. The van der Waals surface area contributed by atoms with Crippen molar-refractivity contribution in [3.8, 4) is 5.75 Å². The number of ketones is 2. The maximum absolute atomic E-state index is 13.2. The zero-order valence-corrected chi connectivity index (χ0v) is 32.7. The van der Waals surface area contributed by atoms with E-state index in [-0.39, 0.29) is 72.9 Å². The second-order valence-electron chi connectivity index (χ2n) is 15.7. The third kappa shape index (κ3) is 12.9. The molecule has 0 amide bonds. The van der Waals surface area contributed by atoms with E-state index in [0.717, 1.165) is 11.3 Å². The molecule has 0 bridgehead atoms. The molecule has 3 rings (SSSR count). The van der Waals surface area contributed by atoms with E-state index in [0.29, 0.717) is 13.0 Å². The summed E-state index contributed by atoms with van der Waals surface area (Å²) < 4.78 is 37.9. The van der Waals surface area contributed by atoms with Crippen LogP contribution in [0.5, 0.6) is 5.75 Å². The summed E-state index contributed by atoms with van der Waals surface area (Å²) in [6, 6.07) is 7.41. The van der Waals surface area contributed by atoms with Gasteiger partial charge in [-0.15, -0.1) is 0 Å². The van der Waals surface area contributed by atoms with Crippen molar-refractivity contribution in [2.24, 2.45) is 11.8 Å². The number of allylic oxidation sites excluding steroid dienone is 1. The average molecular weight is 679 g/mol. The lowest BCUT2D eigenvalue weighted by molar-refractivity contribution is -0.159. The van der Waals surface area contributed by atoms with Gasteiger partial charge in [0.25, 0.3) is 0 Å². The van der Waals surface area contributed by atoms with Gasteiger partial charge in [0.1, 0.15) is 11.5 Å². The largest absolute Gasteiger partial charge is 0.497 e. The molecule has 2 fully saturated rings. The molecular weight excluding hydrogens is 621 g/mol. The highest BCUT2D eigenvalue weighted by molar-refractivity contribution is 6.70. The van der Waals surface area contributed by atoms with Crippen molar-refractivity contribution in [2.45, 2.75) is 129 Å². The molecule has 2 saturated heterocycles. The predicted octanol–water partition coefficient (Wildman–Crippen LogP) is 7.12. The Labute approximate surface area is 274 Å². The van der Waals surface area contributed by atoms with E-state index in [2.05, 4.69) is 72.8 Å². The number of hydrogen-bond donors (Lipinski definition) is 0. The van der Waals surface area contributed by atoms with Crippen LogP contribution in [0.15, 0.2) is 30.3 Å². The minimum atomic E-state index is -2.03. The summed E-state index contributed by atoms with van der Waals surface area (Å²) >= 11 is 0. The number of ether oxygens (including phenoxy) is 3. The third-order valence-corrected chi connectivity index (χ3v) is 11.0. The fourth-order valence-corrected chi connectivity index (χ4v) is 9.48. The highest BCUT2D eigenvalue weighted by Crippen LogP contribution is 2.40. The van der Waals surface area contributed by atoms with Gasteiger partial charge in [-0.25, -0.2) is 0 Å². The van der Waals surface area contributed by atoms with Gasteiger partial charge in [-0.2, -0.15) is 0 Å². The van der Waals surface area contributed by atoms with Crippen LogP contribution < -0.4 is 4.74 Å². The van der Waals surface area contributed by atoms with Crippen molar-refractivity contribution < 1.29 is 37.1 Å². The Kier molecular flexibility index (Phi) is 13.2. The molecule has 0 spiro atoms. The van der Waals surface area contributed by atoms with Gasteiger partial charge in [0.15, 0.2) is 30.7 Å². The molecule has 0 aromatic heterocycles. The van der Waals surface area contributed by atoms with Gasteiger partial charge < -0.3 is 27.5 Å². The summed E-state index contributed by atoms with van der Waals surface area (Å²) in [5, 5.41) is 0. The van der Waals surface area contributed by atoms with Gasteiger partial charge in [0.2, 0.25) is 0 Å². The molecular formula is C34H58O8Si3. The topological polar surface area (TPSA) is 92.8 Å². The highest BCUT2D eigenvalue weighted by atomic mass is 28.4. The van der Waals surface area contributed by atoms with Crippen molar-refractivity contribution >= 4 is 42.6 Å². The van der Waals surface area contributed by atoms with E-state index in [4.69, 9.17) is 27.5 Å². The standard InChI is InChI=1S/C34H58O8Si3/c1-23(24(2)40-43(4,5)6)32-31(39-32)21-30-34(42-45(10,11)12)33(41-44(7,8)9)26(22-38-30)19-28(36)20-27(35)16-13-25-14-17-29(37-3)18-15-25/h13-18,23-24,26,30-34H,19-22H2,1-12H3/b16-13+/t23-,24+,26+,30+,31+,32+,33-,34-/m1/s1. The second kappa shape index (κ2) is 15.6. The van der Waals surface area contributed by atoms with Gasteiger partial charge in [-0.1, -0.05) is 25.1 Å². The number of hydrogen-bond acceptors (Lipinski definition) is 8. The quantitative estimate of drug-likeness (QED) is 0.0745. The van der Waals surface area contributed by atoms with Crippen molar-refractivity contribution in [1.82, 2.24) is 0 Å². The van der Waals surface area contributed by atoms with Gasteiger partial charge >= 0.3 is 0 Å². The molecule has 11 heteroatoms. The number of methoxy groups -OCH3 is 1. The van der Waals surface area contributed by atoms with Crippen molar-refractivity contribution in [1.29, 1.82) is 0 Å². The summed E-state index contributed by atoms with van der Waals surface area (Å²) in [5.74, 6) is 0.495. The number of carbonyl (C=O) groups is 2. The highest BCUT2D eigenvalue weighted by Gasteiger charge is 2.51. The molecule has 0 radical (unpaired) electrons. The van der Waals surface area contributed by atoms with Crippen LogP contribution in [0.1, 0.15) is 38.7 Å². The Hall–Kier alpha value is -1.45. The second-order valence-corrected chi connectivity index (χ2v) is 29.1. The van der Waals surface area contributed by atoms with Gasteiger partial charge in [-0.3, -0.25) is 9.59 Å². The van der Waals surface area contributed by atoms with Crippen molar-refractivity contribution in [3.63, 3.8) is 0 Å². The van der Waals surface area contributed by atoms with Crippen molar-refractivity contribution in [3.05, 3.63) is 35.9 Å².